The van der Waals surface area contributed by atoms with Crippen LogP contribution < -0.4 is 56.5 Å². The minimum atomic E-state index is -1.72. The van der Waals surface area contributed by atoms with Gasteiger partial charge in [0.05, 0.1) is 0 Å². The summed E-state index contributed by atoms with van der Waals surface area (Å²) in [7, 11) is 4.01. The van der Waals surface area contributed by atoms with Crippen molar-refractivity contribution in [3.63, 3.8) is 0 Å². The van der Waals surface area contributed by atoms with Gasteiger partial charge in [0, 0.05) is 0 Å². The molecular weight excluding hydrogens is 110 g/mol. The van der Waals surface area contributed by atoms with Gasteiger partial charge in [0.25, 0.3) is 0 Å². The molecule has 5 heteroatoms. The summed E-state index contributed by atoms with van der Waals surface area (Å²) in [5, 5.41) is 8.91. The van der Waals surface area contributed by atoms with Crippen molar-refractivity contribution in [3.05, 3.63) is 0 Å². The zero-order valence-corrected chi connectivity index (χ0v) is 6.43. The molecule has 0 aliphatic rings. The van der Waals surface area contributed by atoms with E-state index in [1.807, 2.05) is 0 Å². The van der Waals surface area contributed by atoms with Crippen molar-refractivity contribution in [2.45, 2.75) is 0 Å². The Morgan fingerprint density at radius 2 is 2.00 bits per heavy atom. The summed E-state index contributed by atoms with van der Waals surface area (Å²) < 4.78 is 3.06. The van der Waals surface area contributed by atoms with Crippen LogP contribution in [0.3, 0.4) is 0 Å². The Kier molecular flexibility index (Phi) is 10.0. The Morgan fingerprint density at radius 3 is 2.00 bits per heavy atom. The molecule has 0 N–H and O–H groups in total. The average molecular weight is 110 g/mol. The van der Waals surface area contributed by atoms with E-state index in [1.54, 1.807) is 0 Å². The van der Waals surface area contributed by atoms with Crippen molar-refractivity contribution < 1.29 is 65.9 Å². The molecule has 0 aromatic rings. The molecule has 0 fully saturated rings. The second kappa shape index (κ2) is 5.97. The molecule has 0 aromatic heterocycles. The molecule has 0 saturated heterocycles. The van der Waals surface area contributed by atoms with Crippen LogP contribution in [-0.4, -0.2) is 14.2 Å². The summed E-state index contributed by atoms with van der Waals surface area (Å²) in [6, 6.07) is 0. The normalized spacial score (nSPS) is 5.33. The summed E-state index contributed by atoms with van der Waals surface area (Å²) in [4.78, 5) is 8.91. The molecule has 0 saturated carbocycles. The van der Waals surface area contributed by atoms with Gasteiger partial charge in [-0.05, 0) is 0 Å². The standard InChI is InChI=1S/CHBO3.K/c2-5-1(3)4;/h(H,3,4);/q;+1/p-1. The first-order chi connectivity index (χ1) is 2.27. The van der Waals surface area contributed by atoms with E-state index >= 15 is 0 Å². The molecule has 0 bridgehead atoms. The van der Waals surface area contributed by atoms with Crippen LogP contribution in [0.1, 0.15) is 0 Å². The van der Waals surface area contributed by atoms with Gasteiger partial charge in [-0.25, -0.2) is 0 Å². The van der Waals surface area contributed by atoms with E-state index in [0.717, 1.165) is 0 Å². The van der Waals surface area contributed by atoms with Crippen LogP contribution in [0.15, 0.2) is 0 Å². The molecule has 0 heterocycles. The van der Waals surface area contributed by atoms with Crippen LogP contribution in [0.5, 0.6) is 0 Å². The maximum Gasteiger partial charge on any atom is 1.00 e. The zero-order chi connectivity index (χ0) is 4.28. The first kappa shape index (κ1) is 10.1. The molecule has 2 radical (unpaired) electrons. The third-order valence-corrected chi connectivity index (χ3v) is 0.0962. The Morgan fingerprint density at radius 1 is 1.83 bits per heavy atom. The molecular formula is CBKO3. The Labute approximate surface area is 78.9 Å². The van der Waals surface area contributed by atoms with Crippen LogP contribution in [0.25, 0.3) is 0 Å². The summed E-state index contributed by atoms with van der Waals surface area (Å²) in [6.07, 6.45) is -1.72. The quantitative estimate of drug-likeness (QED) is 0.295. The van der Waals surface area contributed by atoms with Crippen molar-refractivity contribution in [3.8, 4) is 0 Å². The maximum absolute atomic E-state index is 8.91. The smallest absolute Gasteiger partial charge is 0.615 e. The topological polar surface area (TPSA) is 49.4 Å². The minimum absolute atomic E-state index is 0. The molecule has 0 aromatic carbocycles. The van der Waals surface area contributed by atoms with Gasteiger partial charge in [-0.1, -0.05) is 0 Å². The van der Waals surface area contributed by atoms with Crippen molar-refractivity contribution in [2.75, 3.05) is 0 Å². The van der Waals surface area contributed by atoms with Gasteiger partial charge in [-0.15, -0.1) is 0 Å². The van der Waals surface area contributed by atoms with Gasteiger partial charge in [-0.2, -0.15) is 0 Å². The maximum atomic E-state index is 8.91. The third kappa shape index (κ3) is 8.88. The molecule has 0 aliphatic carbocycles. The third-order valence-electron chi connectivity index (χ3n) is 0.0962. The van der Waals surface area contributed by atoms with Crippen LogP contribution in [0.2, 0.25) is 0 Å². The van der Waals surface area contributed by atoms with E-state index in [0.29, 0.717) is 0 Å². The van der Waals surface area contributed by atoms with E-state index in [4.69, 9.17) is 9.90 Å². The minimum Gasteiger partial charge on any atom is -0.615 e. The van der Waals surface area contributed by atoms with Gasteiger partial charge in [0.15, 0.2) is 0 Å². The molecule has 3 nitrogen and oxygen atoms in total. The van der Waals surface area contributed by atoms with Gasteiger partial charge in [-0.3, -0.25) is 0 Å². The van der Waals surface area contributed by atoms with E-state index < -0.39 is 6.16 Å². The van der Waals surface area contributed by atoms with Crippen LogP contribution in [0, 0.1) is 0 Å². The van der Waals surface area contributed by atoms with Gasteiger partial charge in [0.1, 0.15) is 0 Å². The van der Waals surface area contributed by atoms with E-state index in [1.165, 1.54) is 0 Å². The number of carboxylic acid groups (broad SMARTS) is 1. The molecule has 26 valence electrons. The Balaban J connectivity index is 0. The predicted octanol–water partition coefficient (Wildman–Crippen LogP) is -4.57. The van der Waals surface area contributed by atoms with Gasteiger partial charge in [0.2, 0.25) is 14.2 Å². The molecule has 0 aliphatic heterocycles. The fourth-order valence-electron chi connectivity index (χ4n) is 0. The molecule has 0 atom stereocenters. The van der Waals surface area contributed by atoms with E-state index in [-0.39, 0.29) is 51.4 Å². The van der Waals surface area contributed by atoms with Crippen molar-refractivity contribution >= 4 is 14.2 Å². The van der Waals surface area contributed by atoms with Gasteiger partial charge < -0.3 is 14.6 Å². The van der Waals surface area contributed by atoms with Crippen LogP contribution in [0.4, 0.5) is 4.79 Å². The second-order valence-corrected chi connectivity index (χ2v) is 0.368. The Hall–Kier alpha value is 0.971. The van der Waals surface area contributed by atoms with Crippen molar-refractivity contribution in [1.29, 1.82) is 0 Å². The molecule has 6 heavy (non-hydrogen) atoms. The SMILES string of the molecule is [B]OC(=O)[O-].[K+]. The number of carbonyl (C=O) groups excluding carboxylic acids is 1. The summed E-state index contributed by atoms with van der Waals surface area (Å²) in [5.74, 6) is 0. The number of rotatable bonds is 0. The number of carbonyl (C=O) groups is 1. The van der Waals surface area contributed by atoms with Crippen LogP contribution >= 0.6 is 0 Å². The molecule has 0 rings (SSSR count). The summed E-state index contributed by atoms with van der Waals surface area (Å²) >= 11 is 0. The molecule has 0 unspecified atom stereocenters. The summed E-state index contributed by atoms with van der Waals surface area (Å²) in [5.41, 5.74) is 0. The molecule has 0 spiro atoms. The van der Waals surface area contributed by atoms with E-state index in [2.05, 4.69) is 12.7 Å². The van der Waals surface area contributed by atoms with Crippen molar-refractivity contribution in [2.24, 2.45) is 0 Å². The first-order valence-corrected chi connectivity index (χ1v) is 0.848. The monoisotopic (exact) mass is 110 g/mol. The fourth-order valence-corrected chi connectivity index (χ4v) is 0. The second-order valence-electron chi connectivity index (χ2n) is 0.368. The number of hydrogen-bond acceptors (Lipinski definition) is 3. The predicted molar refractivity (Wildman–Crippen MR) is 12.2 cm³/mol. The van der Waals surface area contributed by atoms with Crippen molar-refractivity contribution in [1.82, 2.24) is 0 Å². The molecule has 0 amide bonds. The van der Waals surface area contributed by atoms with Crippen LogP contribution in [-0.2, 0) is 4.65 Å². The fraction of sp³-hybridized carbons (Fsp3) is 0. The average Bonchev–Trinajstić information content (AvgIpc) is 1.38. The summed E-state index contributed by atoms with van der Waals surface area (Å²) in [6.45, 7) is 0. The largest absolute Gasteiger partial charge is 1.00 e. The number of hydrogen-bond donors (Lipinski definition) is 0. The van der Waals surface area contributed by atoms with Gasteiger partial charge >= 0.3 is 51.4 Å². The zero-order valence-electron chi connectivity index (χ0n) is 3.30. The first-order valence-electron chi connectivity index (χ1n) is 0.848. The van der Waals surface area contributed by atoms with E-state index in [9.17, 15) is 0 Å². The Bertz CT molecular complexity index is 46.1.